The summed E-state index contributed by atoms with van der Waals surface area (Å²) in [5.74, 6) is -0.636. The van der Waals surface area contributed by atoms with E-state index in [1.807, 2.05) is 36.4 Å². The third kappa shape index (κ3) is 3.59. The molecule has 1 heterocycles. The van der Waals surface area contributed by atoms with Gasteiger partial charge in [-0.15, -0.1) is 0 Å². The quantitative estimate of drug-likeness (QED) is 0.563. The van der Waals surface area contributed by atoms with Crippen LogP contribution in [-0.2, 0) is 0 Å². The van der Waals surface area contributed by atoms with E-state index in [2.05, 4.69) is 20.7 Å². The molecule has 0 unspecified atom stereocenters. The van der Waals surface area contributed by atoms with Crippen molar-refractivity contribution < 1.29 is 9.18 Å². The van der Waals surface area contributed by atoms with Crippen molar-refractivity contribution >= 4 is 11.6 Å². The largest absolute Gasteiger partial charge is 0.322 e. The number of amides is 1. The van der Waals surface area contributed by atoms with E-state index in [1.165, 1.54) is 24.3 Å². The number of benzene rings is 3. The Hall–Kier alpha value is -3.80. The summed E-state index contributed by atoms with van der Waals surface area (Å²) in [6.45, 7) is 0. The number of hydrogen-bond acceptors (Lipinski definition) is 3. The lowest BCUT2D eigenvalue weighted by molar-refractivity contribution is 0.102. The third-order valence-corrected chi connectivity index (χ3v) is 4.10. The predicted molar refractivity (Wildman–Crippen MR) is 102 cm³/mol. The Bertz CT molecular complexity index is 1070. The second kappa shape index (κ2) is 7.21. The Morgan fingerprint density at radius 2 is 1.48 bits per heavy atom. The van der Waals surface area contributed by atoms with Gasteiger partial charge in [0, 0.05) is 22.4 Å². The normalized spacial score (nSPS) is 10.6. The second-order valence-electron chi connectivity index (χ2n) is 5.93. The molecule has 0 spiro atoms. The summed E-state index contributed by atoms with van der Waals surface area (Å²) in [5, 5.41) is 13.9. The predicted octanol–water partition coefficient (Wildman–Crippen LogP) is 4.53. The van der Waals surface area contributed by atoms with Crippen LogP contribution in [0.2, 0.25) is 0 Å². The standard InChI is InChI=1S/C21H15FN4O/c22-17-9-11-18(12-10-17)23-21(27)16-8-4-7-15(13-16)20-19(24-26-25-20)14-5-2-1-3-6-14/h1-13H,(H,23,27)(H,24,25,26). The highest BCUT2D eigenvalue weighted by molar-refractivity contribution is 6.05. The Morgan fingerprint density at radius 1 is 0.815 bits per heavy atom. The van der Waals surface area contributed by atoms with Gasteiger partial charge in [0.15, 0.2) is 0 Å². The van der Waals surface area contributed by atoms with Crippen molar-refractivity contribution in [3.8, 4) is 22.5 Å². The molecule has 0 saturated heterocycles. The van der Waals surface area contributed by atoms with Gasteiger partial charge in [-0.3, -0.25) is 4.79 Å². The summed E-state index contributed by atoms with van der Waals surface area (Å²) in [6, 6.07) is 22.5. The summed E-state index contributed by atoms with van der Waals surface area (Å²) < 4.78 is 13.0. The number of hydrogen-bond donors (Lipinski definition) is 2. The molecule has 2 N–H and O–H groups in total. The molecule has 3 aromatic carbocycles. The monoisotopic (exact) mass is 358 g/mol. The number of nitrogens with zero attached hydrogens (tertiary/aromatic N) is 2. The number of nitrogens with one attached hydrogen (secondary N) is 2. The molecule has 1 amide bonds. The number of H-pyrrole nitrogens is 1. The van der Waals surface area contributed by atoms with Crippen LogP contribution >= 0.6 is 0 Å². The van der Waals surface area contributed by atoms with Gasteiger partial charge in [0.1, 0.15) is 17.2 Å². The van der Waals surface area contributed by atoms with Gasteiger partial charge < -0.3 is 5.32 Å². The molecule has 4 aromatic rings. The number of anilines is 1. The van der Waals surface area contributed by atoms with Gasteiger partial charge in [0.25, 0.3) is 5.91 Å². The lowest BCUT2D eigenvalue weighted by Crippen LogP contribution is -2.11. The lowest BCUT2D eigenvalue weighted by atomic mass is 10.0. The molecule has 0 fully saturated rings. The molecule has 27 heavy (non-hydrogen) atoms. The van der Waals surface area contributed by atoms with Crippen LogP contribution in [0.25, 0.3) is 22.5 Å². The number of rotatable bonds is 4. The first kappa shape index (κ1) is 16.7. The van der Waals surface area contributed by atoms with E-state index in [0.29, 0.717) is 22.6 Å². The molecule has 5 nitrogen and oxygen atoms in total. The number of aromatic amines is 1. The Kier molecular flexibility index (Phi) is 4.45. The Balaban J connectivity index is 1.63. The van der Waals surface area contributed by atoms with Gasteiger partial charge in [0.05, 0.1) is 0 Å². The molecule has 0 aliphatic carbocycles. The van der Waals surface area contributed by atoms with Crippen molar-refractivity contribution in [1.82, 2.24) is 15.4 Å². The number of carbonyl (C=O) groups is 1. The summed E-state index contributed by atoms with van der Waals surface area (Å²) in [4.78, 5) is 12.5. The number of aromatic nitrogens is 3. The fraction of sp³-hybridized carbons (Fsp3) is 0. The summed E-state index contributed by atoms with van der Waals surface area (Å²) in [5.41, 5.74) is 4.08. The minimum atomic E-state index is -0.352. The van der Waals surface area contributed by atoms with Crippen molar-refractivity contribution in [1.29, 1.82) is 0 Å². The molecule has 0 aliphatic heterocycles. The maximum atomic E-state index is 13.0. The van der Waals surface area contributed by atoms with Crippen LogP contribution in [0.1, 0.15) is 10.4 Å². The van der Waals surface area contributed by atoms with E-state index < -0.39 is 0 Å². The number of carbonyl (C=O) groups excluding carboxylic acids is 1. The van der Waals surface area contributed by atoms with E-state index in [0.717, 1.165) is 11.1 Å². The molecule has 0 saturated carbocycles. The minimum absolute atomic E-state index is 0.284. The Labute approximate surface area is 154 Å². The van der Waals surface area contributed by atoms with E-state index in [-0.39, 0.29) is 11.7 Å². The summed E-state index contributed by atoms with van der Waals surface area (Å²) >= 11 is 0. The van der Waals surface area contributed by atoms with Gasteiger partial charge >= 0.3 is 0 Å². The molecular formula is C21H15FN4O. The maximum Gasteiger partial charge on any atom is 0.255 e. The van der Waals surface area contributed by atoms with Crippen molar-refractivity contribution in [3.05, 3.63) is 90.2 Å². The highest BCUT2D eigenvalue weighted by Crippen LogP contribution is 2.28. The molecule has 132 valence electrons. The van der Waals surface area contributed by atoms with Gasteiger partial charge in [-0.05, 0) is 36.4 Å². The SMILES string of the molecule is O=C(Nc1ccc(F)cc1)c1cccc(-c2n[nH]nc2-c2ccccc2)c1. The average molecular weight is 358 g/mol. The maximum absolute atomic E-state index is 13.0. The van der Waals surface area contributed by atoms with Gasteiger partial charge in [-0.1, -0.05) is 42.5 Å². The molecular weight excluding hydrogens is 343 g/mol. The van der Waals surface area contributed by atoms with E-state index in [1.54, 1.807) is 18.2 Å². The fourth-order valence-electron chi connectivity index (χ4n) is 2.77. The summed E-state index contributed by atoms with van der Waals surface area (Å²) in [7, 11) is 0. The minimum Gasteiger partial charge on any atom is -0.322 e. The highest BCUT2D eigenvalue weighted by atomic mass is 19.1. The second-order valence-corrected chi connectivity index (χ2v) is 5.93. The van der Waals surface area contributed by atoms with Gasteiger partial charge in [-0.2, -0.15) is 15.4 Å². The van der Waals surface area contributed by atoms with Crippen molar-refractivity contribution in [2.45, 2.75) is 0 Å². The fourth-order valence-corrected chi connectivity index (χ4v) is 2.77. The smallest absolute Gasteiger partial charge is 0.255 e. The van der Waals surface area contributed by atoms with Crippen LogP contribution in [0.15, 0.2) is 78.9 Å². The molecule has 0 radical (unpaired) electrons. The molecule has 0 aliphatic rings. The van der Waals surface area contributed by atoms with E-state index in [9.17, 15) is 9.18 Å². The Morgan fingerprint density at radius 3 is 2.22 bits per heavy atom. The van der Waals surface area contributed by atoms with Crippen LogP contribution in [0, 0.1) is 5.82 Å². The van der Waals surface area contributed by atoms with Crippen LogP contribution < -0.4 is 5.32 Å². The van der Waals surface area contributed by atoms with Gasteiger partial charge in [0.2, 0.25) is 0 Å². The van der Waals surface area contributed by atoms with Crippen LogP contribution in [0.3, 0.4) is 0 Å². The summed E-state index contributed by atoms with van der Waals surface area (Å²) in [6.07, 6.45) is 0. The van der Waals surface area contributed by atoms with Crippen molar-refractivity contribution in [3.63, 3.8) is 0 Å². The van der Waals surface area contributed by atoms with Crippen LogP contribution in [0.4, 0.5) is 10.1 Å². The topological polar surface area (TPSA) is 70.7 Å². The first-order chi connectivity index (χ1) is 13.2. The zero-order valence-corrected chi connectivity index (χ0v) is 14.2. The molecule has 6 heteroatoms. The molecule has 4 rings (SSSR count). The molecule has 0 bridgehead atoms. The first-order valence-electron chi connectivity index (χ1n) is 8.34. The first-order valence-corrected chi connectivity index (χ1v) is 8.34. The zero-order valence-electron chi connectivity index (χ0n) is 14.2. The van der Waals surface area contributed by atoms with Crippen molar-refractivity contribution in [2.24, 2.45) is 0 Å². The average Bonchev–Trinajstić information content (AvgIpc) is 3.20. The number of halogens is 1. The molecule has 0 atom stereocenters. The van der Waals surface area contributed by atoms with E-state index in [4.69, 9.17) is 0 Å². The third-order valence-electron chi connectivity index (χ3n) is 4.10. The van der Waals surface area contributed by atoms with E-state index >= 15 is 0 Å². The van der Waals surface area contributed by atoms with Gasteiger partial charge in [-0.25, -0.2) is 4.39 Å². The molecule has 1 aromatic heterocycles. The van der Waals surface area contributed by atoms with Crippen molar-refractivity contribution in [2.75, 3.05) is 5.32 Å². The van der Waals surface area contributed by atoms with Crippen LogP contribution in [-0.4, -0.2) is 21.3 Å². The highest BCUT2D eigenvalue weighted by Gasteiger charge is 2.14. The zero-order chi connectivity index (χ0) is 18.6. The van der Waals surface area contributed by atoms with Crippen LogP contribution in [0.5, 0.6) is 0 Å². The lowest BCUT2D eigenvalue weighted by Gasteiger charge is -2.07.